The van der Waals surface area contributed by atoms with Crippen molar-refractivity contribution in [2.24, 2.45) is 0 Å². The van der Waals surface area contributed by atoms with E-state index in [1.54, 1.807) is 0 Å². The van der Waals surface area contributed by atoms with E-state index >= 15 is 0 Å². The van der Waals surface area contributed by atoms with Gasteiger partial charge in [0.15, 0.2) is 0 Å². The summed E-state index contributed by atoms with van der Waals surface area (Å²) in [4.78, 5) is 11.6. The highest BCUT2D eigenvalue weighted by Gasteiger charge is 2.13. The second-order valence-corrected chi connectivity index (χ2v) is 5.72. The van der Waals surface area contributed by atoms with Crippen molar-refractivity contribution in [1.82, 2.24) is 5.32 Å². The van der Waals surface area contributed by atoms with Crippen LogP contribution in [0.2, 0.25) is 0 Å². The number of amides is 1. The molecule has 0 fully saturated rings. The molecule has 0 unspecified atom stereocenters. The Morgan fingerprint density at radius 3 is 2.22 bits per heavy atom. The van der Waals surface area contributed by atoms with Crippen LogP contribution in [0.15, 0.2) is 18.2 Å². The Labute approximate surface area is 110 Å². The number of hydrogen-bond acceptors (Lipinski definition) is 2. The Balaban J connectivity index is 2.40. The van der Waals surface area contributed by atoms with Crippen molar-refractivity contribution >= 4 is 5.91 Å². The first-order valence-corrected chi connectivity index (χ1v) is 6.28. The lowest BCUT2D eigenvalue weighted by Crippen LogP contribution is -2.41. The van der Waals surface area contributed by atoms with Gasteiger partial charge in [0, 0.05) is 5.54 Å². The molecule has 0 bridgehead atoms. The standard InChI is InChI=1S/C15H23NO2/c1-11-8-12(2)10-13(9-11)18-7-6-14(17)16-15(3,4)5/h8-10H,6-7H2,1-5H3,(H,16,17). The van der Waals surface area contributed by atoms with E-state index < -0.39 is 0 Å². The van der Waals surface area contributed by atoms with Crippen LogP contribution in [0.25, 0.3) is 0 Å². The largest absolute Gasteiger partial charge is 0.493 e. The minimum atomic E-state index is -0.184. The molecule has 1 aromatic carbocycles. The van der Waals surface area contributed by atoms with Crippen molar-refractivity contribution in [3.63, 3.8) is 0 Å². The first-order valence-electron chi connectivity index (χ1n) is 6.28. The fourth-order valence-corrected chi connectivity index (χ4v) is 1.76. The van der Waals surface area contributed by atoms with E-state index in [2.05, 4.69) is 11.4 Å². The van der Waals surface area contributed by atoms with Crippen LogP contribution in [0, 0.1) is 13.8 Å². The lowest BCUT2D eigenvalue weighted by molar-refractivity contribution is -0.122. The zero-order valence-corrected chi connectivity index (χ0v) is 12.0. The Kier molecular flexibility index (Phi) is 4.76. The van der Waals surface area contributed by atoms with E-state index in [1.165, 1.54) is 11.1 Å². The monoisotopic (exact) mass is 249 g/mol. The minimum Gasteiger partial charge on any atom is -0.493 e. The van der Waals surface area contributed by atoms with Gasteiger partial charge >= 0.3 is 0 Å². The van der Waals surface area contributed by atoms with Crippen molar-refractivity contribution < 1.29 is 9.53 Å². The Morgan fingerprint density at radius 2 is 1.72 bits per heavy atom. The van der Waals surface area contributed by atoms with E-state index in [9.17, 15) is 4.79 Å². The van der Waals surface area contributed by atoms with Gasteiger partial charge in [-0.1, -0.05) is 6.07 Å². The Bertz CT molecular complexity index is 399. The number of aryl methyl sites for hydroxylation is 2. The molecule has 0 saturated heterocycles. The highest BCUT2D eigenvalue weighted by Crippen LogP contribution is 2.16. The molecule has 0 atom stereocenters. The summed E-state index contributed by atoms with van der Waals surface area (Å²) in [5.41, 5.74) is 2.16. The summed E-state index contributed by atoms with van der Waals surface area (Å²) in [6, 6.07) is 6.06. The maximum Gasteiger partial charge on any atom is 0.223 e. The topological polar surface area (TPSA) is 38.3 Å². The van der Waals surface area contributed by atoms with E-state index in [1.807, 2.05) is 46.8 Å². The summed E-state index contributed by atoms with van der Waals surface area (Å²) in [5.74, 6) is 0.850. The van der Waals surface area contributed by atoms with Crippen molar-refractivity contribution in [2.75, 3.05) is 6.61 Å². The molecule has 3 nitrogen and oxygen atoms in total. The predicted molar refractivity (Wildman–Crippen MR) is 73.9 cm³/mol. The third-order valence-electron chi connectivity index (χ3n) is 2.31. The van der Waals surface area contributed by atoms with Crippen molar-refractivity contribution in [2.45, 2.75) is 46.6 Å². The van der Waals surface area contributed by atoms with Crippen LogP contribution in [0.5, 0.6) is 5.75 Å². The molecule has 0 aliphatic carbocycles. The molecule has 100 valence electrons. The summed E-state index contributed by atoms with van der Waals surface area (Å²) >= 11 is 0. The molecular weight excluding hydrogens is 226 g/mol. The average Bonchev–Trinajstić information content (AvgIpc) is 2.12. The van der Waals surface area contributed by atoms with E-state index in [-0.39, 0.29) is 11.4 Å². The first kappa shape index (κ1) is 14.6. The van der Waals surface area contributed by atoms with Crippen molar-refractivity contribution in [3.05, 3.63) is 29.3 Å². The van der Waals surface area contributed by atoms with Gasteiger partial charge in [-0.2, -0.15) is 0 Å². The van der Waals surface area contributed by atoms with Crippen LogP contribution in [-0.4, -0.2) is 18.1 Å². The fourth-order valence-electron chi connectivity index (χ4n) is 1.76. The van der Waals surface area contributed by atoms with Gasteiger partial charge in [0.1, 0.15) is 5.75 Å². The lowest BCUT2D eigenvalue weighted by Gasteiger charge is -2.20. The Hall–Kier alpha value is -1.51. The molecule has 0 spiro atoms. The highest BCUT2D eigenvalue weighted by atomic mass is 16.5. The SMILES string of the molecule is Cc1cc(C)cc(OCCC(=O)NC(C)(C)C)c1. The van der Waals surface area contributed by atoms with E-state index in [0.29, 0.717) is 13.0 Å². The molecule has 0 heterocycles. The Morgan fingerprint density at radius 1 is 1.17 bits per heavy atom. The normalized spacial score (nSPS) is 11.2. The molecule has 0 aliphatic heterocycles. The number of carbonyl (C=O) groups is 1. The van der Waals surface area contributed by atoms with Crippen LogP contribution in [0.3, 0.4) is 0 Å². The van der Waals surface area contributed by atoms with Crippen LogP contribution in [0.1, 0.15) is 38.3 Å². The van der Waals surface area contributed by atoms with Gasteiger partial charge < -0.3 is 10.1 Å². The summed E-state index contributed by atoms with van der Waals surface area (Å²) < 4.78 is 5.59. The molecule has 1 N–H and O–H groups in total. The third-order valence-corrected chi connectivity index (χ3v) is 2.31. The average molecular weight is 249 g/mol. The molecular formula is C15H23NO2. The summed E-state index contributed by atoms with van der Waals surface area (Å²) in [7, 11) is 0. The quantitative estimate of drug-likeness (QED) is 0.891. The van der Waals surface area contributed by atoms with Gasteiger partial charge in [0.05, 0.1) is 13.0 Å². The molecule has 0 aliphatic rings. The number of hydrogen-bond donors (Lipinski definition) is 1. The third kappa shape index (κ3) is 5.71. The maximum atomic E-state index is 11.6. The van der Waals surface area contributed by atoms with E-state index in [0.717, 1.165) is 5.75 Å². The molecule has 0 radical (unpaired) electrons. The van der Waals surface area contributed by atoms with Gasteiger partial charge in [-0.15, -0.1) is 0 Å². The molecule has 3 heteroatoms. The number of ether oxygens (including phenoxy) is 1. The van der Waals surface area contributed by atoms with Gasteiger partial charge in [-0.05, 0) is 57.9 Å². The van der Waals surface area contributed by atoms with Crippen LogP contribution >= 0.6 is 0 Å². The molecule has 18 heavy (non-hydrogen) atoms. The first-order chi connectivity index (χ1) is 8.26. The van der Waals surface area contributed by atoms with Crippen LogP contribution in [0.4, 0.5) is 0 Å². The van der Waals surface area contributed by atoms with Crippen LogP contribution < -0.4 is 10.1 Å². The summed E-state index contributed by atoms with van der Waals surface area (Å²) in [6.45, 7) is 10.4. The molecule has 1 rings (SSSR count). The summed E-state index contributed by atoms with van der Waals surface area (Å²) in [6.07, 6.45) is 0.379. The van der Waals surface area contributed by atoms with Crippen molar-refractivity contribution in [1.29, 1.82) is 0 Å². The van der Waals surface area contributed by atoms with Gasteiger partial charge in [0.2, 0.25) is 5.91 Å². The smallest absolute Gasteiger partial charge is 0.223 e. The second-order valence-electron chi connectivity index (χ2n) is 5.72. The van der Waals surface area contributed by atoms with Gasteiger partial charge in [-0.25, -0.2) is 0 Å². The highest BCUT2D eigenvalue weighted by molar-refractivity contribution is 5.76. The van der Waals surface area contributed by atoms with Crippen LogP contribution in [-0.2, 0) is 4.79 Å². The number of benzene rings is 1. The van der Waals surface area contributed by atoms with Crippen molar-refractivity contribution in [3.8, 4) is 5.75 Å². The summed E-state index contributed by atoms with van der Waals surface area (Å²) in [5, 5.41) is 2.91. The maximum absolute atomic E-state index is 11.6. The molecule has 1 aromatic rings. The zero-order chi connectivity index (χ0) is 13.8. The zero-order valence-electron chi connectivity index (χ0n) is 12.0. The predicted octanol–water partition coefficient (Wildman–Crippen LogP) is 2.99. The lowest BCUT2D eigenvalue weighted by atomic mass is 10.1. The molecule has 0 saturated carbocycles. The minimum absolute atomic E-state index is 0.0203. The van der Waals surface area contributed by atoms with Gasteiger partial charge in [-0.3, -0.25) is 4.79 Å². The number of rotatable bonds is 4. The van der Waals surface area contributed by atoms with Gasteiger partial charge in [0.25, 0.3) is 0 Å². The fraction of sp³-hybridized carbons (Fsp3) is 0.533. The number of carbonyl (C=O) groups excluding carboxylic acids is 1. The molecule has 1 amide bonds. The van der Waals surface area contributed by atoms with E-state index in [4.69, 9.17) is 4.74 Å². The second kappa shape index (κ2) is 5.89. The molecule has 0 aromatic heterocycles. The number of nitrogens with one attached hydrogen (secondary N) is 1.